The summed E-state index contributed by atoms with van der Waals surface area (Å²) >= 11 is 12.1. The molecule has 0 atom stereocenters. The van der Waals surface area contributed by atoms with E-state index in [2.05, 4.69) is 249 Å². The van der Waals surface area contributed by atoms with E-state index in [1.165, 1.54) is 142 Å². The van der Waals surface area contributed by atoms with Gasteiger partial charge >= 0.3 is 0 Å². The van der Waals surface area contributed by atoms with Gasteiger partial charge in [-0.25, -0.2) is 0 Å². The first-order chi connectivity index (χ1) is 36.9. The first-order valence-electron chi connectivity index (χ1n) is 27.5. The van der Waals surface area contributed by atoms with Crippen molar-refractivity contribution in [2.24, 2.45) is 0 Å². The third kappa shape index (κ3) is 12.4. The number of unbranched alkanes of at least 4 members (excludes halogenated alkanes) is 6. The van der Waals surface area contributed by atoms with Gasteiger partial charge in [0.1, 0.15) is 0 Å². The third-order valence-corrected chi connectivity index (χ3v) is 33.1. The van der Waals surface area contributed by atoms with E-state index < -0.39 is 16.6 Å². The molecule has 396 valence electrons. The highest BCUT2D eigenvalue weighted by atomic mass is 32.3. The highest BCUT2D eigenvalue weighted by Crippen LogP contribution is 2.58. The molecule has 76 heavy (non-hydrogen) atoms. The molecule has 9 rings (SSSR count). The molecule has 0 saturated carbocycles. The van der Waals surface area contributed by atoms with Crippen LogP contribution in [-0.2, 0) is 8.85 Å². The lowest BCUT2D eigenvalue weighted by Crippen LogP contribution is -2.66. The number of hydrogen-bond acceptors (Lipinski definition) is 8. The molecule has 7 aromatic carbocycles. The number of rotatable bonds is 22. The van der Waals surface area contributed by atoms with Crippen LogP contribution < -0.4 is 31.2 Å². The van der Waals surface area contributed by atoms with E-state index in [4.69, 9.17) is 8.85 Å². The van der Waals surface area contributed by atoms with Crippen LogP contribution in [0, 0.1) is 0 Å². The fourth-order valence-corrected chi connectivity index (χ4v) is 29.1. The van der Waals surface area contributed by atoms with Crippen molar-refractivity contribution < 1.29 is 8.85 Å². The van der Waals surface area contributed by atoms with Gasteiger partial charge in [0.25, 0.3) is 16.6 Å². The first-order valence-corrected chi connectivity index (χ1v) is 36.6. The molecule has 2 heterocycles. The second kappa shape index (κ2) is 26.3. The maximum absolute atomic E-state index is 7.88. The summed E-state index contributed by atoms with van der Waals surface area (Å²) in [6, 6.07) is 63.0. The van der Waals surface area contributed by atoms with E-state index in [-0.39, 0.29) is 10.1 Å². The fourth-order valence-electron chi connectivity index (χ4n) is 11.1. The normalized spacial score (nSPS) is 14.8. The third-order valence-electron chi connectivity index (χ3n) is 14.8. The van der Waals surface area contributed by atoms with Crippen LogP contribution in [0.3, 0.4) is 0 Å². The van der Waals surface area contributed by atoms with Crippen LogP contribution in [0.25, 0.3) is 30.0 Å². The highest BCUT2D eigenvalue weighted by Gasteiger charge is 2.52. The lowest BCUT2D eigenvalue weighted by Gasteiger charge is -2.43. The van der Waals surface area contributed by atoms with E-state index in [1.807, 2.05) is 47.0 Å². The molecule has 0 bridgehead atoms. The number of fused-ring (bicyclic) bond motifs is 2. The molecular formula is C66H76O2S6Si2. The summed E-state index contributed by atoms with van der Waals surface area (Å²) in [5.74, 6) is 2.36. The molecule has 0 aromatic heterocycles. The summed E-state index contributed by atoms with van der Waals surface area (Å²) in [7, 11) is -5.81. The Hall–Kier alpha value is -3.27. The average Bonchev–Trinajstić information content (AvgIpc) is 4.06. The van der Waals surface area contributed by atoms with Crippen LogP contribution in [0.4, 0.5) is 0 Å². The number of benzene rings is 7. The molecule has 0 unspecified atom stereocenters. The van der Waals surface area contributed by atoms with Gasteiger partial charge in [0.05, 0.1) is 30.2 Å². The average molecular weight is 1150 g/mol. The van der Waals surface area contributed by atoms with Gasteiger partial charge in [-0.15, -0.1) is 23.5 Å². The Morgan fingerprint density at radius 3 is 0.947 bits per heavy atom. The van der Waals surface area contributed by atoms with E-state index in [1.54, 1.807) is 0 Å². The van der Waals surface area contributed by atoms with Crippen LogP contribution in [0.15, 0.2) is 188 Å². The molecule has 0 saturated heterocycles. The van der Waals surface area contributed by atoms with Crippen LogP contribution in [0.1, 0.15) is 107 Å². The number of hydrogen-bond donors (Lipinski definition) is 0. The Balaban J connectivity index is 1.20. The Kier molecular flexibility index (Phi) is 19.9. The van der Waals surface area contributed by atoms with Crippen molar-refractivity contribution in [3.05, 3.63) is 199 Å². The van der Waals surface area contributed by atoms with Gasteiger partial charge < -0.3 is 8.85 Å². The van der Waals surface area contributed by atoms with Crippen molar-refractivity contribution >= 4 is 138 Å². The second-order valence-corrected chi connectivity index (χ2v) is 38.1. The minimum Gasteiger partial charge on any atom is -0.403 e. The van der Waals surface area contributed by atoms with Gasteiger partial charge in [-0.2, -0.15) is 0 Å². The van der Waals surface area contributed by atoms with Crippen molar-refractivity contribution in [2.45, 2.75) is 117 Å². The zero-order chi connectivity index (χ0) is 53.2. The van der Waals surface area contributed by atoms with Crippen molar-refractivity contribution in [3.8, 4) is 0 Å². The topological polar surface area (TPSA) is 18.5 Å². The van der Waals surface area contributed by atoms with Gasteiger partial charge in [0.2, 0.25) is 0 Å². The van der Waals surface area contributed by atoms with Crippen LogP contribution in [0.5, 0.6) is 0 Å². The molecular weight excluding hydrogens is 1070 g/mol. The molecule has 10 heteroatoms. The SMILES string of the molecule is CCCCCCSC1=C(SCCCCCC)SC(=c2c3ccccc3c(=C3SC(CO[Si](c4ccccc4)(c4ccccc4)C(C)(C)C)=C(CO[Si](c4ccccc4)(c4ccccc4)C(C)(C)C)S3)c3ccccc23)S1. The zero-order valence-corrected chi connectivity index (χ0v) is 52.8. The summed E-state index contributed by atoms with van der Waals surface area (Å²) in [6.45, 7) is 19.9. The fraction of sp³-hybridized carbons (Fsp3) is 0.333. The van der Waals surface area contributed by atoms with E-state index >= 15 is 0 Å². The second-order valence-electron chi connectivity index (χ2n) is 22.0. The Bertz CT molecular complexity index is 2970. The minimum atomic E-state index is -2.91. The Morgan fingerprint density at radius 1 is 0.368 bits per heavy atom. The largest absolute Gasteiger partial charge is 0.403 e. The molecule has 7 aromatic rings. The molecule has 2 aliphatic heterocycles. The van der Waals surface area contributed by atoms with Crippen molar-refractivity contribution in [3.63, 3.8) is 0 Å². The van der Waals surface area contributed by atoms with Gasteiger partial charge in [-0.05, 0) is 76.7 Å². The van der Waals surface area contributed by atoms with Crippen LogP contribution in [-0.4, -0.2) is 41.4 Å². The zero-order valence-electron chi connectivity index (χ0n) is 45.9. The Morgan fingerprint density at radius 2 is 0.658 bits per heavy atom. The summed E-state index contributed by atoms with van der Waals surface area (Å²) < 4.78 is 21.5. The predicted octanol–water partition coefficient (Wildman–Crippen LogP) is 17.2. The van der Waals surface area contributed by atoms with Gasteiger partial charge in [0.15, 0.2) is 0 Å². The van der Waals surface area contributed by atoms with Crippen molar-refractivity contribution in [2.75, 3.05) is 24.7 Å². The van der Waals surface area contributed by atoms with Gasteiger partial charge in [-0.1, -0.05) is 311 Å². The summed E-state index contributed by atoms with van der Waals surface area (Å²) in [5.41, 5.74) is 0. The molecule has 0 N–H and O–H groups in total. The van der Waals surface area contributed by atoms with Crippen LogP contribution in [0.2, 0.25) is 10.1 Å². The van der Waals surface area contributed by atoms with Gasteiger partial charge in [0, 0.05) is 20.2 Å². The molecule has 2 nitrogen and oxygen atoms in total. The first kappa shape index (κ1) is 57.4. The van der Waals surface area contributed by atoms with Crippen molar-refractivity contribution in [1.82, 2.24) is 0 Å². The molecule has 0 radical (unpaired) electrons. The Labute approximate surface area is 482 Å². The van der Waals surface area contributed by atoms with E-state index in [9.17, 15) is 0 Å². The standard InChI is InChI=1S/C66H76O2S6Si2/c1-9-11-13-31-45-69-63-64(70-46-32-14-12-10-2)74-62(73-63)60-55-43-29-27-41-53(55)59(54-42-28-30-44-56(54)60)61-71-57(47-67-75(65(3,4)5,49-33-19-15-20-34-49)50-35-21-16-22-36-50)58(72-61)48-68-76(66(6,7)8,51-37-23-17-24-38-51)52-39-25-18-26-40-52/h15-30,33-44H,9-14,31-32,45-48H2,1-8H3. The highest BCUT2D eigenvalue weighted by molar-refractivity contribution is 8.45. The monoisotopic (exact) mass is 1150 g/mol. The lowest BCUT2D eigenvalue weighted by atomic mass is 9.99. The molecule has 0 spiro atoms. The maximum atomic E-state index is 7.88. The van der Waals surface area contributed by atoms with E-state index in [0.29, 0.717) is 13.2 Å². The quantitative estimate of drug-likeness (QED) is 0.0375. The van der Waals surface area contributed by atoms with Crippen LogP contribution >= 0.6 is 70.6 Å². The van der Waals surface area contributed by atoms with E-state index in [0.717, 1.165) is 0 Å². The van der Waals surface area contributed by atoms with Crippen molar-refractivity contribution in [1.29, 1.82) is 0 Å². The molecule has 2 aliphatic rings. The summed E-state index contributed by atoms with van der Waals surface area (Å²) in [4.78, 5) is 2.48. The molecule has 0 aliphatic carbocycles. The minimum absolute atomic E-state index is 0.170. The summed E-state index contributed by atoms with van der Waals surface area (Å²) in [5, 5.41) is 12.8. The predicted molar refractivity (Wildman–Crippen MR) is 352 cm³/mol. The maximum Gasteiger partial charge on any atom is 0.261 e. The lowest BCUT2D eigenvalue weighted by molar-refractivity contribution is 0.324. The smallest absolute Gasteiger partial charge is 0.261 e. The number of thioether (sulfide) groups is 6. The molecule has 0 fully saturated rings. The summed E-state index contributed by atoms with van der Waals surface area (Å²) in [6.07, 6.45) is 10.3. The molecule has 0 amide bonds. The van der Waals surface area contributed by atoms with Gasteiger partial charge in [-0.3, -0.25) is 0 Å².